The molecule has 5 atom stereocenters. The van der Waals surface area contributed by atoms with Gasteiger partial charge in [0.25, 0.3) is 0 Å². The van der Waals surface area contributed by atoms with E-state index < -0.39 is 5.79 Å². The lowest BCUT2D eigenvalue weighted by molar-refractivity contribution is -0.252. The van der Waals surface area contributed by atoms with Crippen molar-refractivity contribution in [2.24, 2.45) is 29.1 Å². The van der Waals surface area contributed by atoms with E-state index in [1.807, 2.05) is 25.1 Å². The van der Waals surface area contributed by atoms with E-state index in [9.17, 15) is 4.79 Å². The first-order valence-corrected chi connectivity index (χ1v) is 11.1. The predicted octanol–water partition coefficient (Wildman–Crippen LogP) is 4.95. The second kappa shape index (κ2) is 7.97. The monoisotopic (exact) mass is 410 g/mol. The summed E-state index contributed by atoms with van der Waals surface area (Å²) in [5.41, 5.74) is 2.84. The van der Waals surface area contributed by atoms with Crippen molar-refractivity contribution in [2.75, 3.05) is 20.8 Å². The lowest BCUT2D eigenvalue weighted by Gasteiger charge is -2.56. The van der Waals surface area contributed by atoms with Crippen LogP contribution in [0, 0.1) is 29.1 Å². The van der Waals surface area contributed by atoms with Crippen LogP contribution in [0.1, 0.15) is 39.2 Å². The zero-order chi connectivity index (χ0) is 21.5. The van der Waals surface area contributed by atoms with Gasteiger partial charge in [0.2, 0.25) is 5.79 Å². The average Bonchev–Trinajstić information content (AvgIpc) is 2.76. The molecule has 4 aliphatic carbocycles. The van der Waals surface area contributed by atoms with Crippen LogP contribution in [0.25, 0.3) is 0 Å². The fraction of sp³-hybridized carbons (Fsp3) is 0.577. The van der Waals surface area contributed by atoms with Crippen molar-refractivity contribution < 1.29 is 19.0 Å². The number of hydrogen-bond acceptors (Lipinski definition) is 4. The van der Waals surface area contributed by atoms with Gasteiger partial charge in [-0.1, -0.05) is 57.2 Å². The SMILES string of the molecule is COC1=CC(=O)C(Cc2ccccc2)C(C)C1(OC)OCC1=CC[C@H]2C[C@@H]1C2(C)C. The van der Waals surface area contributed by atoms with Gasteiger partial charge in [0.1, 0.15) is 0 Å². The van der Waals surface area contributed by atoms with Crippen molar-refractivity contribution >= 4 is 5.78 Å². The molecule has 3 unspecified atom stereocenters. The Morgan fingerprint density at radius 2 is 1.87 bits per heavy atom. The highest BCUT2D eigenvalue weighted by atomic mass is 16.7. The van der Waals surface area contributed by atoms with Crippen LogP contribution >= 0.6 is 0 Å². The average molecular weight is 411 g/mol. The van der Waals surface area contributed by atoms with Crippen LogP contribution in [0.2, 0.25) is 0 Å². The molecule has 162 valence electrons. The molecule has 0 radical (unpaired) electrons. The summed E-state index contributed by atoms with van der Waals surface area (Å²) in [6, 6.07) is 10.1. The van der Waals surface area contributed by atoms with E-state index in [4.69, 9.17) is 14.2 Å². The van der Waals surface area contributed by atoms with Crippen LogP contribution in [0.4, 0.5) is 0 Å². The highest BCUT2D eigenvalue weighted by molar-refractivity contribution is 5.94. The maximum absolute atomic E-state index is 13.0. The van der Waals surface area contributed by atoms with Gasteiger partial charge in [-0.2, -0.15) is 0 Å². The number of rotatable bonds is 7. The summed E-state index contributed by atoms with van der Waals surface area (Å²) in [6.07, 6.45) is 6.96. The van der Waals surface area contributed by atoms with Gasteiger partial charge in [0.15, 0.2) is 11.5 Å². The molecule has 4 heteroatoms. The van der Waals surface area contributed by atoms with Gasteiger partial charge in [-0.05, 0) is 47.6 Å². The van der Waals surface area contributed by atoms with E-state index in [2.05, 4.69) is 32.1 Å². The molecule has 0 amide bonds. The van der Waals surface area contributed by atoms with E-state index in [1.54, 1.807) is 20.3 Å². The number of fused-ring (bicyclic) bond motifs is 1. The smallest absolute Gasteiger partial charge is 0.231 e. The summed E-state index contributed by atoms with van der Waals surface area (Å²) in [6.45, 7) is 7.28. The molecule has 30 heavy (non-hydrogen) atoms. The first-order valence-electron chi connectivity index (χ1n) is 11.1. The van der Waals surface area contributed by atoms with Gasteiger partial charge < -0.3 is 14.2 Å². The molecule has 0 heterocycles. The zero-order valence-corrected chi connectivity index (χ0v) is 18.8. The first kappa shape index (κ1) is 21.3. The molecule has 1 aromatic rings. The van der Waals surface area contributed by atoms with Gasteiger partial charge >= 0.3 is 0 Å². The van der Waals surface area contributed by atoms with Gasteiger partial charge in [-0.3, -0.25) is 4.79 Å². The lowest BCUT2D eigenvalue weighted by Crippen LogP contribution is -2.53. The normalized spacial score (nSPS) is 34.6. The summed E-state index contributed by atoms with van der Waals surface area (Å²) < 4.78 is 18.2. The number of ketones is 1. The van der Waals surface area contributed by atoms with Crippen LogP contribution < -0.4 is 0 Å². The number of benzene rings is 1. The highest BCUT2D eigenvalue weighted by Crippen LogP contribution is 2.59. The molecule has 4 aliphatic rings. The Morgan fingerprint density at radius 1 is 1.13 bits per heavy atom. The summed E-state index contributed by atoms with van der Waals surface area (Å²) in [5.74, 6) is 0.429. The maximum atomic E-state index is 13.0. The van der Waals surface area contributed by atoms with Crippen molar-refractivity contribution in [2.45, 2.75) is 45.8 Å². The van der Waals surface area contributed by atoms with Gasteiger partial charge in [-0.15, -0.1) is 0 Å². The molecular formula is C26H34O4. The zero-order valence-electron chi connectivity index (χ0n) is 18.8. The van der Waals surface area contributed by atoms with Crippen LogP contribution in [-0.2, 0) is 25.4 Å². The Labute approximate surface area is 180 Å². The minimum atomic E-state index is -1.06. The first-order chi connectivity index (χ1) is 14.3. The number of ether oxygens (including phenoxy) is 3. The molecule has 0 N–H and O–H groups in total. The molecule has 0 aromatic heterocycles. The van der Waals surface area contributed by atoms with E-state index in [-0.39, 0.29) is 17.6 Å². The third-order valence-electron chi connectivity index (χ3n) is 8.04. The number of hydrogen-bond donors (Lipinski definition) is 0. The van der Waals surface area contributed by atoms with Crippen LogP contribution in [0.5, 0.6) is 0 Å². The molecule has 1 saturated carbocycles. The fourth-order valence-electron chi connectivity index (χ4n) is 5.80. The third kappa shape index (κ3) is 3.34. The molecule has 5 rings (SSSR count). The van der Waals surface area contributed by atoms with Crippen LogP contribution in [0.3, 0.4) is 0 Å². The summed E-state index contributed by atoms with van der Waals surface area (Å²) in [4.78, 5) is 13.0. The number of carbonyl (C=O) groups excluding carboxylic acids is 1. The van der Waals surface area contributed by atoms with Crippen LogP contribution in [0.15, 0.2) is 53.8 Å². The number of methoxy groups -OCH3 is 2. The molecule has 0 saturated heterocycles. The van der Waals surface area contributed by atoms with Crippen molar-refractivity contribution in [1.82, 2.24) is 0 Å². The quantitative estimate of drug-likeness (QED) is 0.471. The van der Waals surface area contributed by atoms with Crippen molar-refractivity contribution in [3.8, 4) is 0 Å². The minimum Gasteiger partial charge on any atom is -0.495 e. The molecule has 1 fully saturated rings. The summed E-state index contributed by atoms with van der Waals surface area (Å²) in [7, 11) is 3.23. The molecule has 1 aromatic carbocycles. The van der Waals surface area contributed by atoms with E-state index in [0.29, 0.717) is 30.1 Å². The summed E-state index contributed by atoms with van der Waals surface area (Å²) >= 11 is 0. The maximum Gasteiger partial charge on any atom is 0.231 e. The minimum absolute atomic E-state index is 0.0688. The molecular weight excluding hydrogens is 376 g/mol. The topological polar surface area (TPSA) is 44.8 Å². The number of allylic oxidation sites excluding steroid dienone is 2. The van der Waals surface area contributed by atoms with Crippen molar-refractivity contribution in [1.29, 1.82) is 0 Å². The Hall–Kier alpha value is -1.91. The number of carbonyl (C=O) groups is 1. The van der Waals surface area contributed by atoms with Crippen LogP contribution in [-0.4, -0.2) is 32.4 Å². The van der Waals surface area contributed by atoms with Crippen molar-refractivity contribution in [3.05, 3.63) is 59.4 Å². The van der Waals surface area contributed by atoms with E-state index in [1.165, 1.54) is 12.0 Å². The van der Waals surface area contributed by atoms with Gasteiger partial charge in [-0.25, -0.2) is 0 Å². The molecule has 2 bridgehead atoms. The second-order valence-electron chi connectivity index (χ2n) is 9.68. The van der Waals surface area contributed by atoms with Gasteiger partial charge in [0, 0.05) is 25.0 Å². The van der Waals surface area contributed by atoms with E-state index in [0.717, 1.165) is 17.9 Å². The molecule has 0 spiro atoms. The Bertz CT molecular complexity index is 853. The largest absolute Gasteiger partial charge is 0.495 e. The second-order valence-corrected chi connectivity index (χ2v) is 9.68. The molecule has 4 nitrogen and oxygen atoms in total. The standard InChI is InChI=1S/C26H34O4/c1-17-21(13-18-9-7-6-8-10-18)23(27)15-24(28-4)26(17,29-5)30-16-19-11-12-20-14-22(19)25(20,2)3/h6-11,15,17,20-22H,12-14,16H2,1-5H3/t17?,20-,21?,22-,26?/m0/s1. The van der Waals surface area contributed by atoms with Gasteiger partial charge in [0.05, 0.1) is 13.7 Å². The van der Waals surface area contributed by atoms with Crippen molar-refractivity contribution in [3.63, 3.8) is 0 Å². The lowest BCUT2D eigenvalue weighted by atomic mass is 9.49. The Kier molecular flexibility index (Phi) is 5.67. The Morgan fingerprint density at radius 3 is 2.47 bits per heavy atom. The Balaban J connectivity index is 1.58. The van der Waals surface area contributed by atoms with E-state index >= 15 is 0 Å². The fourth-order valence-corrected chi connectivity index (χ4v) is 5.80. The highest BCUT2D eigenvalue weighted by Gasteiger charge is 2.54. The predicted molar refractivity (Wildman–Crippen MR) is 117 cm³/mol. The third-order valence-corrected chi connectivity index (χ3v) is 8.04. The molecule has 0 aliphatic heterocycles. The summed E-state index contributed by atoms with van der Waals surface area (Å²) in [5, 5.41) is 0.